The second-order valence-corrected chi connectivity index (χ2v) is 7.51. The molecular formula is C7H13NOSi. The van der Waals surface area contributed by atoms with E-state index in [1.54, 1.807) is 0 Å². The Bertz CT molecular complexity index is 146. The van der Waals surface area contributed by atoms with Crippen molar-refractivity contribution in [1.82, 2.24) is 0 Å². The van der Waals surface area contributed by atoms with Crippen LogP contribution in [0.25, 0.3) is 0 Å². The fourth-order valence-corrected chi connectivity index (χ4v) is 1.62. The molecule has 0 aliphatic carbocycles. The number of rotatable bonds is 3. The highest BCUT2D eigenvalue weighted by atomic mass is 28.4. The third-order valence-corrected chi connectivity index (χ3v) is 1.65. The van der Waals surface area contributed by atoms with Crippen molar-refractivity contribution >= 4 is 15.0 Å². The summed E-state index contributed by atoms with van der Waals surface area (Å²) in [4.78, 5) is 3.10. The van der Waals surface area contributed by atoms with E-state index in [2.05, 4.69) is 24.6 Å². The van der Waals surface area contributed by atoms with Gasteiger partial charge >= 0.3 is 0 Å². The third-order valence-electron chi connectivity index (χ3n) is 0.714. The first-order chi connectivity index (χ1) is 4.45. The van der Waals surface area contributed by atoms with E-state index < -0.39 is 8.32 Å². The quantitative estimate of drug-likeness (QED) is 0.347. The van der Waals surface area contributed by atoms with E-state index in [4.69, 9.17) is 11.1 Å². The first kappa shape index (κ1) is 9.43. The van der Waals surface area contributed by atoms with E-state index in [0.29, 0.717) is 0 Å². The van der Waals surface area contributed by atoms with Crippen LogP contribution in [0, 0.1) is 0 Å². The Morgan fingerprint density at radius 1 is 1.50 bits per heavy atom. The van der Waals surface area contributed by atoms with Crippen molar-refractivity contribution in [3.63, 3.8) is 0 Å². The van der Waals surface area contributed by atoms with E-state index in [-0.39, 0.29) is 0 Å². The molecule has 2 nitrogen and oxygen atoms in total. The Balaban J connectivity index is 3.91. The predicted molar refractivity (Wildman–Crippen MR) is 45.6 cm³/mol. The Kier molecular flexibility index (Phi) is 3.36. The summed E-state index contributed by atoms with van der Waals surface area (Å²) in [6.07, 6.45) is 1.41. The van der Waals surface area contributed by atoms with Gasteiger partial charge in [-0.05, 0) is 26.6 Å². The lowest BCUT2D eigenvalue weighted by atomic mass is 10.6. The molecule has 0 fully saturated rings. The molecule has 0 aromatic rings. The van der Waals surface area contributed by atoms with E-state index in [9.17, 15) is 0 Å². The van der Waals surface area contributed by atoms with Crippen molar-refractivity contribution in [2.75, 3.05) is 0 Å². The van der Waals surface area contributed by atoms with Crippen LogP contribution in [0.1, 0.15) is 6.92 Å². The lowest BCUT2D eigenvalue weighted by Gasteiger charge is -2.18. The zero-order valence-corrected chi connectivity index (χ0v) is 7.93. The molecule has 0 saturated heterocycles. The number of aliphatic imine (C=N–C) groups is 1. The molecule has 0 heterocycles. The van der Waals surface area contributed by atoms with Gasteiger partial charge in [0, 0.05) is 0 Å². The van der Waals surface area contributed by atoms with Gasteiger partial charge in [-0.2, -0.15) is 0 Å². The van der Waals surface area contributed by atoms with Crippen molar-refractivity contribution in [2.45, 2.75) is 26.6 Å². The summed E-state index contributed by atoms with van der Waals surface area (Å²) < 4.78 is 5.46. The number of hydrogen-bond donors (Lipinski definition) is 0. The molecule has 0 aromatic carbocycles. The van der Waals surface area contributed by atoms with Crippen molar-refractivity contribution in [3.05, 3.63) is 12.0 Å². The molecule has 0 N–H and O–H groups in total. The highest BCUT2D eigenvalue weighted by molar-refractivity contribution is 6.70. The minimum atomic E-state index is -1.47. The molecule has 0 aliphatic heterocycles. The molecular weight excluding hydrogens is 142 g/mol. The monoisotopic (exact) mass is 155 g/mol. The van der Waals surface area contributed by atoms with Crippen molar-refractivity contribution in [2.24, 2.45) is 4.99 Å². The second kappa shape index (κ2) is 3.56. The van der Waals surface area contributed by atoms with Gasteiger partial charge in [0.25, 0.3) is 0 Å². The largest absolute Gasteiger partial charge is 0.546 e. The molecule has 0 unspecified atom stereocenters. The average molecular weight is 155 g/mol. The molecule has 0 rings (SSSR count). The molecule has 0 bridgehead atoms. The average Bonchev–Trinajstić information content (AvgIpc) is 1.59. The van der Waals surface area contributed by atoms with E-state index in [1.807, 2.05) is 6.92 Å². The standard InChI is InChI=1S/C7H13NOSi/c1-7(6-8-2)9-10(3,4)5/h6H,1,3-5H3/b7-6-. The fourth-order valence-electron chi connectivity index (χ4n) is 0.600. The second-order valence-electron chi connectivity index (χ2n) is 3.08. The minimum Gasteiger partial charge on any atom is -0.546 e. The van der Waals surface area contributed by atoms with Crippen LogP contribution < -0.4 is 0 Å². The SMILES string of the molecule is [C]=N/C=C(/C)O[Si](C)(C)C. The highest BCUT2D eigenvalue weighted by Gasteiger charge is 2.15. The summed E-state index contributed by atoms with van der Waals surface area (Å²) in [5.74, 6) is 0.731. The molecule has 0 spiro atoms. The van der Waals surface area contributed by atoms with Crippen LogP contribution in [-0.2, 0) is 4.43 Å². The number of allylic oxidation sites excluding steroid dienone is 1. The smallest absolute Gasteiger partial charge is 0.241 e. The van der Waals surface area contributed by atoms with Gasteiger partial charge < -0.3 is 4.43 Å². The lowest BCUT2D eigenvalue weighted by molar-refractivity contribution is 0.423. The van der Waals surface area contributed by atoms with Crippen LogP contribution in [0.5, 0.6) is 0 Å². The van der Waals surface area contributed by atoms with Gasteiger partial charge in [-0.25, -0.2) is 4.99 Å². The topological polar surface area (TPSA) is 21.6 Å². The Labute approximate surface area is 63.8 Å². The van der Waals surface area contributed by atoms with Crippen LogP contribution in [0.15, 0.2) is 17.0 Å². The van der Waals surface area contributed by atoms with Gasteiger partial charge in [-0.3, -0.25) is 0 Å². The van der Waals surface area contributed by atoms with E-state index >= 15 is 0 Å². The van der Waals surface area contributed by atoms with E-state index in [1.165, 1.54) is 6.20 Å². The van der Waals surface area contributed by atoms with Crippen molar-refractivity contribution in [1.29, 1.82) is 0 Å². The molecule has 0 aromatic heterocycles. The van der Waals surface area contributed by atoms with Crippen LogP contribution in [-0.4, -0.2) is 15.0 Å². The third kappa shape index (κ3) is 5.56. The van der Waals surface area contributed by atoms with Crippen LogP contribution in [0.4, 0.5) is 0 Å². The number of hydrogen-bond acceptors (Lipinski definition) is 2. The molecule has 56 valence electrons. The normalized spacial score (nSPS) is 13.0. The Morgan fingerprint density at radius 2 is 2.00 bits per heavy atom. The first-order valence-electron chi connectivity index (χ1n) is 3.18. The molecule has 2 radical (unpaired) electrons. The lowest BCUT2D eigenvalue weighted by Crippen LogP contribution is -2.23. The Morgan fingerprint density at radius 3 is 2.30 bits per heavy atom. The molecule has 0 saturated carbocycles. The van der Waals surface area contributed by atoms with Crippen molar-refractivity contribution < 1.29 is 4.43 Å². The van der Waals surface area contributed by atoms with Crippen LogP contribution >= 0.6 is 0 Å². The maximum atomic E-state index is 6.52. The summed E-state index contributed by atoms with van der Waals surface area (Å²) in [5.41, 5.74) is 0. The van der Waals surface area contributed by atoms with Crippen molar-refractivity contribution in [3.8, 4) is 0 Å². The maximum absolute atomic E-state index is 6.52. The zero-order valence-electron chi connectivity index (χ0n) is 6.93. The molecule has 0 aliphatic rings. The molecule has 3 heteroatoms. The first-order valence-corrected chi connectivity index (χ1v) is 6.59. The molecule has 0 atom stereocenters. The van der Waals surface area contributed by atoms with Gasteiger partial charge in [-0.1, -0.05) is 0 Å². The van der Waals surface area contributed by atoms with Gasteiger partial charge in [0.15, 0.2) is 0 Å². The summed E-state index contributed by atoms with van der Waals surface area (Å²) in [7, 11) is -1.47. The van der Waals surface area contributed by atoms with Gasteiger partial charge in [-0.15, -0.1) is 0 Å². The van der Waals surface area contributed by atoms with Gasteiger partial charge in [0.2, 0.25) is 8.32 Å². The number of nitrogens with zero attached hydrogens (tertiary/aromatic N) is 1. The maximum Gasteiger partial charge on any atom is 0.241 e. The highest BCUT2D eigenvalue weighted by Crippen LogP contribution is 2.08. The fraction of sp³-hybridized carbons (Fsp3) is 0.571. The summed E-state index contributed by atoms with van der Waals surface area (Å²) >= 11 is 0. The summed E-state index contributed by atoms with van der Waals surface area (Å²) in [6, 6.07) is 0. The van der Waals surface area contributed by atoms with E-state index in [0.717, 1.165) is 5.76 Å². The van der Waals surface area contributed by atoms with Gasteiger partial charge in [0.1, 0.15) is 6.72 Å². The van der Waals surface area contributed by atoms with Crippen LogP contribution in [0.3, 0.4) is 0 Å². The Hall–Kier alpha value is -0.573. The van der Waals surface area contributed by atoms with Gasteiger partial charge in [0.05, 0.1) is 12.0 Å². The van der Waals surface area contributed by atoms with Crippen LogP contribution in [0.2, 0.25) is 19.6 Å². The summed E-state index contributed by atoms with van der Waals surface area (Å²) in [5, 5.41) is 0. The minimum absolute atomic E-state index is 0.731. The molecule has 10 heavy (non-hydrogen) atoms. The molecule has 0 amide bonds. The predicted octanol–water partition coefficient (Wildman–Crippen LogP) is 2.15. The zero-order chi connectivity index (χ0) is 8.20. The summed E-state index contributed by atoms with van der Waals surface area (Å²) in [6.45, 7) is 14.6.